The van der Waals surface area contributed by atoms with Crippen LogP contribution in [0.25, 0.3) is 11.6 Å². The molecule has 0 aromatic heterocycles. The lowest BCUT2D eigenvalue weighted by Crippen LogP contribution is -2.32. The van der Waals surface area contributed by atoms with Crippen molar-refractivity contribution in [3.8, 4) is 0 Å². The van der Waals surface area contributed by atoms with E-state index < -0.39 is 17.6 Å². The van der Waals surface area contributed by atoms with E-state index in [-0.39, 0.29) is 5.57 Å². The lowest BCUT2D eigenvalue weighted by atomic mass is 10.0. The summed E-state index contributed by atoms with van der Waals surface area (Å²) in [7, 11) is 0. The van der Waals surface area contributed by atoms with Crippen molar-refractivity contribution < 1.29 is 14.0 Å². The summed E-state index contributed by atoms with van der Waals surface area (Å²) in [5.74, 6) is -1.48. The van der Waals surface area contributed by atoms with E-state index in [1.54, 1.807) is 30.3 Å². The summed E-state index contributed by atoms with van der Waals surface area (Å²) < 4.78 is 13.3. The molecule has 2 rings (SSSR count). The molecule has 0 aliphatic rings. The van der Waals surface area contributed by atoms with Gasteiger partial charge in [0.1, 0.15) is 5.82 Å². The number of rotatable bonds is 7. The number of hydrogen-bond acceptors (Lipinski definition) is 2. The molecule has 0 spiro atoms. The van der Waals surface area contributed by atoms with E-state index in [1.165, 1.54) is 24.3 Å². The molecule has 2 aromatic rings. The average Bonchev–Trinajstić information content (AvgIpc) is 2.66. The van der Waals surface area contributed by atoms with Crippen molar-refractivity contribution in [2.45, 2.75) is 26.2 Å². The zero-order valence-electron chi connectivity index (χ0n) is 15.1. The van der Waals surface area contributed by atoms with Crippen LogP contribution >= 0.6 is 11.6 Å². The third-order valence-corrected chi connectivity index (χ3v) is 4.21. The molecule has 2 aromatic carbocycles. The Bertz CT molecular complexity index is 855. The molecule has 0 saturated carbocycles. The van der Waals surface area contributed by atoms with Gasteiger partial charge in [0.2, 0.25) is 0 Å². The van der Waals surface area contributed by atoms with Gasteiger partial charge in [-0.1, -0.05) is 55.8 Å². The van der Waals surface area contributed by atoms with Gasteiger partial charge in [-0.2, -0.15) is 0 Å². The van der Waals surface area contributed by atoms with Crippen molar-refractivity contribution in [1.82, 2.24) is 5.32 Å². The molecule has 0 aliphatic heterocycles. The number of imide groups is 1. The number of carbonyl (C=O) groups is 2. The fraction of sp³-hybridized carbons (Fsp3) is 0.182. The molecule has 140 valence electrons. The minimum atomic E-state index is -0.570. The van der Waals surface area contributed by atoms with Gasteiger partial charge in [0.15, 0.2) is 0 Å². The minimum absolute atomic E-state index is 0.244. The van der Waals surface area contributed by atoms with E-state index in [0.29, 0.717) is 22.6 Å². The van der Waals surface area contributed by atoms with Gasteiger partial charge in [-0.25, -0.2) is 4.39 Å². The number of amides is 2. The van der Waals surface area contributed by atoms with Crippen LogP contribution in [0.2, 0.25) is 5.02 Å². The number of carbonyl (C=O) groups excluding carboxylic acids is 2. The highest BCUT2D eigenvalue weighted by atomic mass is 35.5. The Hall–Kier alpha value is -2.72. The molecule has 0 atom stereocenters. The molecular weight excluding hydrogens is 365 g/mol. The lowest BCUT2D eigenvalue weighted by molar-refractivity contribution is -0.125. The van der Waals surface area contributed by atoms with Crippen molar-refractivity contribution in [2.75, 3.05) is 0 Å². The summed E-state index contributed by atoms with van der Waals surface area (Å²) in [6.45, 7) is 5.75. The average molecular weight is 386 g/mol. The van der Waals surface area contributed by atoms with Gasteiger partial charge in [-0.15, -0.1) is 0 Å². The van der Waals surface area contributed by atoms with Crippen molar-refractivity contribution in [1.29, 1.82) is 0 Å². The van der Waals surface area contributed by atoms with E-state index in [9.17, 15) is 14.0 Å². The van der Waals surface area contributed by atoms with E-state index >= 15 is 0 Å². The summed E-state index contributed by atoms with van der Waals surface area (Å²) in [6.07, 6.45) is 3.91. The summed E-state index contributed by atoms with van der Waals surface area (Å²) in [5, 5.41) is 2.94. The largest absolute Gasteiger partial charge is 0.288 e. The fourth-order valence-electron chi connectivity index (χ4n) is 2.40. The second kappa shape index (κ2) is 9.83. The van der Waals surface area contributed by atoms with E-state index in [0.717, 1.165) is 18.4 Å². The molecule has 0 bridgehead atoms. The van der Waals surface area contributed by atoms with Crippen LogP contribution < -0.4 is 5.32 Å². The molecule has 3 nitrogen and oxygen atoms in total. The second-order valence-corrected chi connectivity index (χ2v) is 6.54. The number of unbranched alkanes of at least 4 members (excludes halogenated alkanes) is 1. The predicted octanol–water partition coefficient (Wildman–Crippen LogP) is 5.41. The van der Waals surface area contributed by atoms with Crippen LogP contribution in [0.15, 0.2) is 60.7 Å². The van der Waals surface area contributed by atoms with Crippen molar-refractivity contribution in [3.63, 3.8) is 0 Å². The van der Waals surface area contributed by atoms with Crippen LogP contribution in [0, 0.1) is 5.82 Å². The van der Waals surface area contributed by atoms with Gasteiger partial charge in [0, 0.05) is 16.2 Å². The third kappa shape index (κ3) is 6.19. The van der Waals surface area contributed by atoms with Crippen molar-refractivity contribution in [3.05, 3.63) is 82.6 Å². The zero-order chi connectivity index (χ0) is 19.8. The maximum Gasteiger partial charge on any atom is 0.258 e. The number of benzene rings is 2. The normalized spacial score (nSPS) is 11.1. The van der Waals surface area contributed by atoms with Crippen LogP contribution in [0.4, 0.5) is 4.39 Å². The van der Waals surface area contributed by atoms with Crippen molar-refractivity contribution in [2.24, 2.45) is 0 Å². The Morgan fingerprint density at radius 2 is 1.70 bits per heavy atom. The Morgan fingerprint density at radius 3 is 2.30 bits per heavy atom. The molecule has 0 fully saturated rings. The highest BCUT2D eigenvalue weighted by molar-refractivity contribution is 6.31. The molecular formula is C22H21ClFNO2. The monoisotopic (exact) mass is 385 g/mol. The van der Waals surface area contributed by atoms with E-state index in [2.05, 4.69) is 11.9 Å². The van der Waals surface area contributed by atoms with Crippen LogP contribution in [0.5, 0.6) is 0 Å². The first-order chi connectivity index (χ1) is 12.9. The highest BCUT2D eigenvalue weighted by Crippen LogP contribution is 2.21. The SMILES string of the molecule is C=C(CCCC)C(=O)NC(=O)/C(=C/c1ccc(Cl)cc1)c1ccc(F)cc1. The smallest absolute Gasteiger partial charge is 0.258 e. The first-order valence-electron chi connectivity index (χ1n) is 8.67. The van der Waals surface area contributed by atoms with Gasteiger partial charge in [-0.05, 0) is 54.3 Å². The maximum atomic E-state index is 13.3. The quantitative estimate of drug-likeness (QED) is 0.511. The number of hydrogen-bond donors (Lipinski definition) is 1. The molecule has 0 unspecified atom stereocenters. The Labute approximate surface area is 163 Å². The lowest BCUT2D eigenvalue weighted by Gasteiger charge is -2.10. The molecule has 0 radical (unpaired) electrons. The number of halogens is 2. The first kappa shape index (κ1) is 20.6. The maximum absolute atomic E-state index is 13.3. The summed E-state index contributed by atoms with van der Waals surface area (Å²) in [5.41, 5.74) is 1.83. The van der Waals surface area contributed by atoms with Crippen LogP contribution in [-0.4, -0.2) is 11.8 Å². The van der Waals surface area contributed by atoms with Crippen LogP contribution in [-0.2, 0) is 9.59 Å². The molecule has 0 aliphatic carbocycles. The van der Waals surface area contributed by atoms with Crippen molar-refractivity contribution >= 4 is 35.1 Å². The zero-order valence-corrected chi connectivity index (χ0v) is 15.9. The Kier molecular flexibility index (Phi) is 7.50. The molecule has 5 heteroatoms. The van der Waals surface area contributed by atoms with Gasteiger partial charge < -0.3 is 0 Å². The first-order valence-corrected chi connectivity index (χ1v) is 9.05. The molecule has 0 saturated heterocycles. The van der Waals surface area contributed by atoms with Gasteiger partial charge >= 0.3 is 0 Å². The topological polar surface area (TPSA) is 46.2 Å². The van der Waals surface area contributed by atoms with Gasteiger partial charge in [0.05, 0.1) is 0 Å². The summed E-state index contributed by atoms with van der Waals surface area (Å²) in [6, 6.07) is 12.4. The molecule has 2 amide bonds. The predicted molar refractivity (Wildman–Crippen MR) is 108 cm³/mol. The molecule has 0 heterocycles. The second-order valence-electron chi connectivity index (χ2n) is 6.11. The van der Waals surface area contributed by atoms with E-state index in [1.807, 2.05) is 6.92 Å². The highest BCUT2D eigenvalue weighted by Gasteiger charge is 2.17. The van der Waals surface area contributed by atoms with Crippen LogP contribution in [0.1, 0.15) is 37.3 Å². The van der Waals surface area contributed by atoms with E-state index in [4.69, 9.17) is 11.6 Å². The number of nitrogens with one attached hydrogen (secondary N) is 1. The molecule has 27 heavy (non-hydrogen) atoms. The molecule has 1 N–H and O–H groups in total. The summed E-state index contributed by atoms with van der Waals surface area (Å²) in [4.78, 5) is 24.9. The van der Waals surface area contributed by atoms with Crippen LogP contribution in [0.3, 0.4) is 0 Å². The standard InChI is InChI=1S/C22H21ClFNO2/c1-3-4-5-15(2)21(26)25-22(27)20(17-8-12-19(24)13-9-17)14-16-6-10-18(23)11-7-16/h6-14H,2-5H2,1H3,(H,25,26,27)/b20-14+. The Balaban J connectivity index is 2.30. The Morgan fingerprint density at radius 1 is 1.07 bits per heavy atom. The van der Waals surface area contributed by atoms with Gasteiger partial charge in [0.25, 0.3) is 11.8 Å². The summed E-state index contributed by atoms with van der Waals surface area (Å²) >= 11 is 5.89. The fourth-order valence-corrected chi connectivity index (χ4v) is 2.52. The minimum Gasteiger partial charge on any atom is -0.288 e. The van der Waals surface area contributed by atoms with Gasteiger partial charge in [-0.3, -0.25) is 14.9 Å². The third-order valence-electron chi connectivity index (χ3n) is 3.96.